The molecule has 1 N–H and O–H groups in total. The second-order valence-electron chi connectivity index (χ2n) is 5.93. The zero-order valence-corrected chi connectivity index (χ0v) is 13.5. The number of halogens is 2. The molecule has 0 aliphatic carbocycles. The molecule has 1 aromatic carbocycles. The third-order valence-corrected chi connectivity index (χ3v) is 4.27. The van der Waals surface area contributed by atoms with Gasteiger partial charge in [0.15, 0.2) is 0 Å². The van der Waals surface area contributed by atoms with E-state index in [1.807, 2.05) is 12.1 Å². The van der Waals surface area contributed by atoms with E-state index < -0.39 is 6.61 Å². The lowest BCUT2D eigenvalue weighted by molar-refractivity contribution is -0.0498. The van der Waals surface area contributed by atoms with Gasteiger partial charge in [0.25, 0.3) is 0 Å². The molecular formula is C18H22F2N2O2. The van der Waals surface area contributed by atoms with Gasteiger partial charge in [-0.15, -0.1) is 0 Å². The van der Waals surface area contributed by atoms with Gasteiger partial charge in [-0.3, -0.25) is 4.90 Å². The van der Waals surface area contributed by atoms with Crippen LogP contribution in [-0.4, -0.2) is 31.1 Å². The largest absolute Gasteiger partial charge is 0.468 e. The number of ether oxygens (including phenoxy) is 1. The van der Waals surface area contributed by atoms with Crippen molar-refractivity contribution in [1.82, 2.24) is 10.2 Å². The molecule has 1 aliphatic heterocycles. The SMILES string of the molecule is FC(F)Oc1ccc(CNCC(c2ccco2)N2CCCC2)cc1. The van der Waals surface area contributed by atoms with Crippen LogP contribution >= 0.6 is 0 Å². The van der Waals surface area contributed by atoms with E-state index in [4.69, 9.17) is 4.42 Å². The van der Waals surface area contributed by atoms with E-state index in [-0.39, 0.29) is 11.8 Å². The fraction of sp³-hybridized carbons (Fsp3) is 0.444. The van der Waals surface area contributed by atoms with Gasteiger partial charge in [0, 0.05) is 13.1 Å². The molecule has 24 heavy (non-hydrogen) atoms. The molecule has 2 heterocycles. The average molecular weight is 336 g/mol. The van der Waals surface area contributed by atoms with Gasteiger partial charge in [-0.2, -0.15) is 8.78 Å². The maximum Gasteiger partial charge on any atom is 0.387 e. The summed E-state index contributed by atoms with van der Waals surface area (Å²) in [6.45, 7) is 0.839. The van der Waals surface area contributed by atoms with Crippen LogP contribution in [0.3, 0.4) is 0 Å². The minimum Gasteiger partial charge on any atom is -0.468 e. The number of hydrogen-bond donors (Lipinski definition) is 1. The van der Waals surface area contributed by atoms with Gasteiger partial charge in [0.1, 0.15) is 11.5 Å². The topological polar surface area (TPSA) is 37.6 Å². The highest BCUT2D eigenvalue weighted by molar-refractivity contribution is 5.27. The predicted molar refractivity (Wildman–Crippen MR) is 87.0 cm³/mol. The van der Waals surface area contributed by atoms with E-state index in [0.717, 1.165) is 31.0 Å². The van der Waals surface area contributed by atoms with Crippen LogP contribution in [0, 0.1) is 0 Å². The van der Waals surface area contributed by atoms with E-state index in [1.54, 1.807) is 30.5 Å². The molecule has 1 saturated heterocycles. The first-order valence-electron chi connectivity index (χ1n) is 8.24. The van der Waals surface area contributed by atoms with Gasteiger partial charge >= 0.3 is 6.61 Å². The highest BCUT2D eigenvalue weighted by Gasteiger charge is 2.24. The predicted octanol–water partition coefficient (Wildman–Crippen LogP) is 3.81. The van der Waals surface area contributed by atoms with Gasteiger partial charge < -0.3 is 14.5 Å². The monoisotopic (exact) mass is 336 g/mol. The second kappa shape index (κ2) is 8.26. The Morgan fingerprint density at radius 3 is 2.50 bits per heavy atom. The number of alkyl halides is 2. The number of benzene rings is 1. The molecule has 3 rings (SSSR count). The molecule has 0 amide bonds. The zero-order chi connectivity index (χ0) is 16.8. The second-order valence-corrected chi connectivity index (χ2v) is 5.93. The van der Waals surface area contributed by atoms with Crippen molar-refractivity contribution in [1.29, 1.82) is 0 Å². The van der Waals surface area contributed by atoms with Crippen molar-refractivity contribution in [3.8, 4) is 5.75 Å². The summed E-state index contributed by atoms with van der Waals surface area (Å²) >= 11 is 0. The Bertz CT molecular complexity index is 596. The van der Waals surface area contributed by atoms with Crippen LogP contribution in [0.5, 0.6) is 5.75 Å². The third-order valence-electron chi connectivity index (χ3n) is 4.27. The van der Waals surface area contributed by atoms with Crippen LogP contribution in [0.4, 0.5) is 8.78 Å². The third kappa shape index (κ3) is 4.55. The Balaban J connectivity index is 1.53. The van der Waals surface area contributed by atoms with Gasteiger partial charge in [-0.25, -0.2) is 0 Å². The van der Waals surface area contributed by atoms with Crippen molar-refractivity contribution in [2.75, 3.05) is 19.6 Å². The van der Waals surface area contributed by atoms with E-state index in [9.17, 15) is 8.78 Å². The molecule has 6 heteroatoms. The van der Waals surface area contributed by atoms with Gasteiger partial charge in [0.2, 0.25) is 0 Å². The summed E-state index contributed by atoms with van der Waals surface area (Å²) in [5.41, 5.74) is 1.02. The lowest BCUT2D eigenvalue weighted by Gasteiger charge is -2.26. The van der Waals surface area contributed by atoms with E-state index in [0.29, 0.717) is 6.54 Å². The van der Waals surface area contributed by atoms with Crippen LogP contribution in [0.1, 0.15) is 30.2 Å². The summed E-state index contributed by atoms with van der Waals surface area (Å²) in [5.74, 6) is 1.16. The summed E-state index contributed by atoms with van der Waals surface area (Å²) in [6.07, 6.45) is 4.16. The fourth-order valence-corrected chi connectivity index (χ4v) is 3.09. The number of nitrogens with one attached hydrogen (secondary N) is 1. The molecule has 1 atom stereocenters. The average Bonchev–Trinajstić information content (AvgIpc) is 3.26. The first-order chi connectivity index (χ1) is 11.7. The molecule has 0 saturated carbocycles. The lowest BCUT2D eigenvalue weighted by Crippen LogP contribution is -2.33. The zero-order valence-electron chi connectivity index (χ0n) is 13.5. The maximum atomic E-state index is 12.1. The van der Waals surface area contributed by atoms with Crippen LogP contribution in [0.15, 0.2) is 47.1 Å². The van der Waals surface area contributed by atoms with E-state index in [1.165, 1.54) is 12.8 Å². The number of likely N-dealkylation sites (tertiary alicyclic amines) is 1. The minimum atomic E-state index is -2.79. The standard InChI is InChI=1S/C18H22F2N2O2/c19-18(20)24-15-7-5-14(6-8-15)12-21-13-16(17-4-3-11-23-17)22-9-1-2-10-22/h3-8,11,16,18,21H,1-2,9-10,12-13H2. The molecule has 0 spiro atoms. The molecule has 1 unspecified atom stereocenters. The number of hydrogen-bond acceptors (Lipinski definition) is 4. The minimum absolute atomic E-state index is 0.180. The van der Waals surface area contributed by atoms with Crippen molar-refractivity contribution in [3.63, 3.8) is 0 Å². The summed E-state index contributed by atoms with van der Waals surface area (Å²) in [7, 11) is 0. The van der Waals surface area contributed by atoms with Gasteiger partial charge in [-0.05, 0) is 55.8 Å². The molecular weight excluding hydrogens is 314 g/mol. The lowest BCUT2D eigenvalue weighted by atomic mass is 10.1. The summed E-state index contributed by atoms with van der Waals surface area (Å²) < 4.78 is 34.2. The van der Waals surface area contributed by atoms with Crippen molar-refractivity contribution < 1.29 is 17.9 Å². The van der Waals surface area contributed by atoms with Crippen LogP contribution in [0.2, 0.25) is 0 Å². The van der Waals surface area contributed by atoms with Gasteiger partial charge in [0.05, 0.1) is 12.3 Å². The van der Waals surface area contributed by atoms with Gasteiger partial charge in [-0.1, -0.05) is 12.1 Å². The highest BCUT2D eigenvalue weighted by atomic mass is 19.3. The molecule has 0 bridgehead atoms. The van der Waals surface area contributed by atoms with Crippen LogP contribution < -0.4 is 10.1 Å². The molecule has 4 nitrogen and oxygen atoms in total. The number of rotatable bonds is 8. The first kappa shape index (κ1) is 16.9. The van der Waals surface area contributed by atoms with Crippen LogP contribution in [-0.2, 0) is 6.54 Å². The smallest absolute Gasteiger partial charge is 0.387 e. The highest BCUT2D eigenvalue weighted by Crippen LogP contribution is 2.25. The first-order valence-corrected chi connectivity index (χ1v) is 8.24. The van der Waals surface area contributed by atoms with Crippen molar-refractivity contribution in [2.24, 2.45) is 0 Å². The molecule has 1 fully saturated rings. The van der Waals surface area contributed by atoms with E-state index in [2.05, 4.69) is 15.0 Å². The number of nitrogens with zero attached hydrogens (tertiary/aromatic N) is 1. The maximum absolute atomic E-state index is 12.1. The van der Waals surface area contributed by atoms with Crippen molar-refractivity contribution in [2.45, 2.75) is 32.0 Å². The summed E-state index contributed by atoms with van der Waals surface area (Å²) in [6, 6.07) is 10.9. The Morgan fingerprint density at radius 1 is 1.12 bits per heavy atom. The molecule has 130 valence electrons. The van der Waals surface area contributed by atoms with Crippen LogP contribution in [0.25, 0.3) is 0 Å². The quantitative estimate of drug-likeness (QED) is 0.795. The summed E-state index contributed by atoms with van der Waals surface area (Å²) in [4.78, 5) is 2.44. The Morgan fingerprint density at radius 2 is 1.88 bits per heavy atom. The molecule has 0 radical (unpaired) electrons. The molecule has 1 aromatic heterocycles. The Hall–Kier alpha value is -1.92. The molecule has 2 aromatic rings. The Kier molecular flexibility index (Phi) is 5.82. The van der Waals surface area contributed by atoms with Crippen molar-refractivity contribution >= 4 is 0 Å². The Labute approximate surface area is 140 Å². The van der Waals surface area contributed by atoms with Crippen molar-refractivity contribution in [3.05, 3.63) is 54.0 Å². The fourth-order valence-electron chi connectivity index (χ4n) is 3.09. The number of furan rings is 1. The molecule has 1 aliphatic rings. The normalized spacial score (nSPS) is 16.6. The van der Waals surface area contributed by atoms with E-state index >= 15 is 0 Å². The summed E-state index contributed by atoms with van der Waals surface area (Å²) in [5, 5.41) is 3.44.